The number of aromatic nitrogens is 1. The summed E-state index contributed by atoms with van der Waals surface area (Å²) >= 11 is 5.98. The van der Waals surface area contributed by atoms with E-state index in [4.69, 9.17) is 21.9 Å². The third-order valence-electron chi connectivity index (χ3n) is 1.98. The van der Waals surface area contributed by atoms with Crippen molar-refractivity contribution in [2.24, 2.45) is 0 Å². The first-order chi connectivity index (χ1) is 7.27. The average molecular weight is 224 g/mol. The van der Waals surface area contributed by atoms with E-state index >= 15 is 0 Å². The number of nitrogens with one attached hydrogen (secondary N) is 1. The fourth-order valence-electron chi connectivity index (χ4n) is 1.24. The Hall–Kier alpha value is -1.68. The van der Waals surface area contributed by atoms with Gasteiger partial charge in [0.1, 0.15) is 0 Å². The highest BCUT2D eigenvalue weighted by Gasteiger charge is 2.04. The highest BCUT2D eigenvalue weighted by molar-refractivity contribution is 6.33. The number of nitrogen functional groups attached to an aromatic ring is 1. The summed E-state index contributed by atoms with van der Waals surface area (Å²) in [6.45, 7) is 0.508. The maximum absolute atomic E-state index is 5.98. The van der Waals surface area contributed by atoms with E-state index in [0.29, 0.717) is 17.3 Å². The second-order valence-electron chi connectivity index (χ2n) is 3.04. The van der Waals surface area contributed by atoms with Crippen LogP contribution in [0.5, 0.6) is 0 Å². The predicted octanol–water partition coefficient (Wildman–Crippen LogP) is 2.52. The molecule has 0 bridgehead atoms. The Morgan fingerprint density at radius 1 is 1.40 bits per heavy atom. The molecule has 78 valence electrons. The molecule has 0 atom stereocenters. The molecule has 0 aliphatic heterocycles. The van der Waals surface area contributed by atoms with E-state index in [9.17, 15) is 0 Å². The first kappa shape index (κ1) is 9.86. The third-order valence-corrected chi connectivity index (χ3v) is 2.29. The summed E-state index contributed by atoms with van der Waals surface area (Å²) in [5.41, 5.74) is 7.10. The van der Waals surface area contributed by atoms with Crippen molar-refractivity contribution in [2.75, 3.05) is 11.1 Å². The number of rotatable bonds is 3. The van der Waals surface area contributed by atoms with Gasteiger partial charge in [-0.1, -0.05) is 22.8 Å². The molecule has 2 aromatic rings. The first-order valence-electron chi connectivity index (χ1n) is 4.45. The van der Waals surface area contributed by atoms with E-state index in [1.165, 1.54) is 0 Å². The number of para-hydroxylation sites is 1. The molecule has 0 saturated carbocycles. The van der Waals surface area contributed by atoms with E-state index in [0.717, 1.165) is 11.4 Å². The van der Waals surface area contributed by atoms with Gasteiger partial charge in [0.05, 0.1) is 29.1 Å². The van der Waals surface area contributed by atoms with Crippen LogP contribution in [-0.2, 0) is 6.54 Å². The van der Waals surface area contributed by atoms with Gasteiger partial charge in [-0.25, -0.2) is 0 Å². The van der Waals surface area contributed by atoms with E-state index < -0.39 is 0 Å². The van der Waals surface area contributed by atoms with Gasteiger partial charge in [-0.3, -0.25) is 0 Å². The third kappa shape index (κ3) is 2.22. The first-order valence-corrected chi connectivity index (χ1v) is 4.82. The van der Waals surface area contributed by atoms with Crippen LogP contribution >= 0.6 is 11.6 Å². The second-order valence-corrected chi connectivity index (χ2v) is 3.44. The lowest BCUT2D eigenvalue weighted by Crippen LogP contribution is -2.02. The van der Waals surface area contributed by atoms with Crippen molar-refractivity contribution in [1.29, 1.82) is 0 Å². The summed E-state index contributed by atoms with van der Waals surface area (Å²) in [5, 5.41) is 7.29. The minimum Gasteiger partial charge on any atom is -0.397 e. The van der Waals surface area contributed by atoms with Crippen LogP contribution in [-0.4, -0.2) is 5.16 Å². The van der Waals surface area contributed by atoms with Crippen molar-refractivity contribution < 1.29 is 4.52 Å². The van der Waals surface area contributed by atoms with Crippen LogP contribution in [0.15, 0.2) is 35.0 Å². The van der Waals surface area contributed by atoms with Crippen LogP contribution in [0.4, 0.5) is 11.4 Å². The lowest BCUT2D eigenvalue weighted by molar-refractivity contribution is 0.388. The van der Waals surface area contributed by atoms with Crippen LogP contribution < -0.4 is 11.1 Å². The van der Waals surface area contributed by atoms with Crippen molar-refractivity contribution in [2.45, 2.75) is 6.54 Å². The summed E-state index contributed by atoms with van der Waals surface area (Å²) in [4.78, 5) is 0. The zero-order valence-corrected chi connectivity index (χ0v) is 8.66. The van der Waals surface area contributed by atoms with Crippen molar-refractivity contribution in [1.82, 2.24) is 5.16 Å². The highest BCUT2D eigenvalue weighted by atomic mass is 35.5. The average Bonchev–Trinajstić information content (AvgIpc) is 2.70. The Balaban J connectivity index is 2.11. The van der Waals surface area contributed by atoms with Crippen LogP contribution in [0.3, 0.4) is 0 Å². The van der Waals surface area contributed by atoms with Gasteiger partial charge >= 0.3 is 0 Å². The molecular formula is C10H10ClN3O. The Kier molecular flexibility index (Phi) is 2.78. The van der Waals surface area contributed by atoms with Gasteiger partial charge in [-0.2, -0.15) is 0 Å². The van der Waals surface area contributed by atoms with Gasteiger partial charge in [0.15, 0.2) is 5.76 Å². The molecule has 1 aromatic carbocycles. The Morgan fingerprint density at radius 3 is 2.93 bits per heavy atom. The fourth-order valence-corrected chi connectivity index (χ4v) is 1.48. The monoisotopic (exact) mass is 223 g/mol. The summed E-state index contributed by atoms with van der Waals surface area (Å²) in [7, 11) is 0. The van der Waals surface area contributed by atoms with Crippen LogP contribution in [0.1, 0.15) is 5.76 Å². The van der Waals surface area contributed by atoms with Crippen molar-refractivity contribution in [3.05, 3.63) is 41.2 Å². The maximum atomic E-state index is 5.98. The molecule has 0 spiro atoms. The van der Waals surface area contributed by atoms with Gasteiger partial charge in [0.2, 0.25) is 0 Å². The number of benzene rings is 1. The quantitative estimate of drug-likeness (QED) is 0.785. The molecule has 0 aliphatic carbocycles. The largest absolute Gasteiger partial charge is 0.397 e. The van der Waals surface area contributed by atoms with Crippen molar-refractivity contribution in [3.63, 3.8) is 0 Å². The molecule has 0 unspecified atom stereocenters. The Labute approximate surface area is 92.0 Å². The van der Waals surface area contributed by atoms with Gasteiger partial charge in [-0.15, -0.1) is 0 Å². The molecule has 4 nitrogen and oxygen atoms in total. The molecule has 3 N–H and O–H groups in total. The molecular weight excluding hydrogens is 214 g/mol. The second kappa shape index (κ2) is 4.23. The minimum absolute atomic E-state index is 0.508. The van der Waals surface area contributed by atoms with E-state index in [1.807, 2.05) is 0 Å². The number of nitrogens with two attached hydrogens (primary N) is 1. The molecule has 1 aromatic heterocycles. The lowest BCUT2D eigenvalue weighted by Gasteiger charge is -2.08. The molecule has 0 aliphatic rings. The molecule has 5 heteroatoms. The zero-order chi connectivity index (χ0) is 10.7. The van der Waals surface area contributed by atoms with Crippen molar-refractivity contribution >= 4 is 23.0 Å². The van der Waals surface area contributed by atoms with Crippen LogP contribution in [0, 0.1) is 0 Å². The summed E-state index contributed by atoms with van der Waals surface area (Å²) in [6, 6.07) is 7.15. The summed E-state index contributed by atoms with van der Waals surface area (Å²) in [6.07, 6.45) is 1.59. The SMILES string of the molecule is Nc1cccc(Cl)c1NCc1ccno1. The minimum atomic E-state index is 0.508. The number of anilines is 2. The smallest absolute Gasteiger partial charge is 0.155 e. The van der Waals surface area contributed by atoms with Crippen LogP contribution in [0.2, 0.25) is 5.02 Å². The van der Waals surface area contributed by atoms with E-state index in [-0.39, 0.29) is 0 Å². The number of hydrogen-bond acceptors (Lipinski definition) is 4. The summed E-state index contributed by atoms with van der Waals surface area (Å²) in [5.74, 6) is 0.731. The van der Waals surface area contributed by atoms with Gasteiger partial charge < -0.3 is 15.6 Å². The van der Waals surface area contributed by atoms with E-state index in [2.05, 4.69) is 10.5 Å². The van der Waals surface area contributed by atoms with Gasteiger partial charge in [-0.05, 0) is 12.1 Å². The van der Waals surface area contributed by atoms with E-state index in [1.54, 1.807) is 30.5 Å². The highest BCUT2D eigenvalue weighted by Crippen LogP contribution is 2.28. The number of hydrogen-bond donors (Lipinski definition) is 2. The zero-order valence-electron chi connectivity index (χ0n) is 7.90. The van der Waals surface area contributed by atoms with Crippen LogP contribution in [0.25, 0.3) is 0 Å². The molecule has 0 amide bonds. The number of nitrogens with zero attached hydrogens (tertiary/aromatic N) is 1. The maximum Gasteiger partial charge on any atom is 0.155 e. The normalized spacial score (nSPS) is 10.2. The topological polar surface area (TPSA) is 64.1 Å². The molecule has 0 radical (unpaired) electrons. The molecule has 0 fully saturated rings. The standard InChI is InChI=1S/C10H10ClN3O/c11-8-2-1-3-9(12)10(8)13-6-7-4-5-14-15-7/h1-5,13H,6,12H2. The Bertz CT molecular complexity index is 422. The molecule has 0 saturated heterocycles. The van der Waals surface area contributed by atoms with Crippen molar-refractivity contribution in [3.8, 4) is 0 Å². The Morgan fingerprint density at radius 2 is 2.27 bits per heavy atom. The lowest BCUT2D eigenvalue weighted by atomic mass is 10.2. The predicted molar refractivity (Wildman–Crippen MR) is 59.7 cm³/mol. The fraction of sp³-hybridized carbons (Fsp3) is 0.100. The summed E-state index contributed by atoms with van der Waals surface area (Å²) < 4.78 is 4.94. The molecule has 1 heterocycles. The molecule has 15 heavy (non-hydrogen) atoms. The number of halogens is 1. The molecule has 2 rings (SSSR count). The van der Waals surface area contributed by atoms with Gasteiger partial charge in [0, 0.05) is 6.07 Å². The van der Waals surface area contributed by atoms with Gasteiger partial charge in [0.25, 0.3) is 0 Å².